The van der Waals surface area contributed by atoms with E-state index in [9.17, 15) is 4.39 Å². The molecule has 3 rings (SSSR count). The van der Waals surface area contributed by atoms with E-state index in [-0.39, 0.29) is 17.8 Å². The fourth-order valence-corrected chi connectivity index (χ4v) is 3.31. The Labute approximate surface area is 134 Å². The molecule has 2 N–H and O–H groups in total. The Morgan fingerprint density at radius 3 is 2.91 bits per heavy atom. The van der Waals surface area contributed by atoms with Gasteiger partial charge in [-0.05, 0) is 35.9 Å². The number of thiophene rings is 1. The van der Waals surface area contributed by atoms with Gasteiger partial charge >= 0.3 is 0 Å². The first-order valence-corrected chi connectivity index (χ1v) is 8.40. The van der Waals surface area contributed by atoms with Gasteiger partial charge in [-0.3, -0.25) is 4.99 Å². The molecule has 22 heavy (non-hydrogen) atoms. The summed E-state index contributed by atoms with van der Waals surface area (Å²) in [6.45, 7) is 0.845. The normalized spacial score (nSPS) is 20.7. The van der Waals surface area contributed by atoms with Crippen LogP contribution in [0.3, 0.4) is 0 Å². The van der Waals surface area contributed by atoms with Gasteiger partial charge in [0.2, 0.25) is 0 Å². The van der Waals surface area contributed by atoms with E-state index in [2.05, 4.69) is 33.1 Å². The summed E-state index contributed by atoms with van der Waals surface area (Å²) >= 11 is 1.77. The zero-order valence-electron chi connectivity index (χ0n) is 12.6. The van der Waals surface area contributed by atoms with Gasteiger partial charge in [-0.2, -0.15) is 0 Å². The molecule has 1 saturated carbocycles. The summed E-state index contributed by atoms with van der Waals surface area (Å²) in [4.78, 5) is 5.60. The molecule has 2 atom stereocenters. The van der Waals surface area contributed by atoms with Gasteiger partial charge in [-0.1, -0.05) is 24.3 Å². The maximum atomic E-state index is 13.8. The van der Waals surface area contributed by atoms with Gasteiger partial charge in [-0.25, -0.2) is 4.39 Å². The van der Waals surface area contributed by atoms with E-state index in [4.69, 9.17) is 0 Å². The van der Waals surface area contributed by atoms with Crippen LogP contribution in [-0.4, -0.2) is 25.6 Å². The quantitative estimate of drug-likeness (QED) is 0.656. The third kappa shape index (κ3) is 3.65. The third-order valence-corrected chi connectivity index (χ3v) is 4.82. The molecule has 116 valence electrons. The number of rotatable bonds is 5. The lowest BCUT2D eigenvalue weighted by Crippen LogP contribution is -2.39. The van der Waals surface area contributed by atoms with Crippen molar-refractivity contribution in [3.05, 3.63) is 58.0 Å². The van der Waals surface area contributed by atoms with E-state index < -0.39 is 0 Å². The average molecular weight is 317 g/mol. The van der Waals surface area contributed by atoms with Gasteiger partial charge in [-0.15, -0.1) is 11.3 Å². The molecule has 0 spiro atoms. The highest BCUT2D eigenvalue weighted by atomic mass is 32.1. The van der Waals surface area contributed by atoms with E-state index in [1.54, 1.807) is 24.5 Å². The molecule has 1 aliphatic carbocycles. The molecule has 0 saturated heterocycles. The maximum Gasteiger partial charge on any atom is 0.191 e. The average Bonchev–Trinajstić information content (AvgIpc) is 3.08. The van der Waals surface area contributed by atoms with Crippen molar-refractivity contribution < 1.29 is 4.39 Å². The SMILES string of the molecule is CN=C(NCCc1cccs1)NC1CC1c1ccccc1F. The van der Waals surface area contributed by atoms with Crippen LogP contribution in [0.4, 0.5) is 4.39 Å². The van der Waals surface area contributed by atoms with Crippen molar-refractivity contribution in [2.45, 2.75) is 24.8 Å². The molecule has 0 radical (unpaired) electrons. The van der Waals surface area contributed by atoms with Crippen molar-refractivity contribution in [1.29, 1.82) is 0 Å². The maximum absolute atomic E-state index is 13.8. The zero-order valence-corrected chi connectivity index (χ0v) is 13.4. The first kappa shape index (κ1) is 15.0. The Kier molecular flexibility index (Phi) is 4.73. The third-order valence-electron chi connectivity index (χ3n) is 3.88. The Morgan fingerprint density at radius 2 is 2.18 bits per heavy atom. The standard InChI is InChI=1S/C17H20FN3S/c1-19-17(20-9-8-12-5-4-10-22-12)21-16-11-14(16)13-6-2-3-7-15(13)18/h2-7,10,14,16H,8-9,11H2,1H3,(H2,19,20,21). The van der Waals surface area contributed by atoms with Crippen molar-refractivity contribution in [3.8, 4) is 0 Å². The second kappa shape index (κ2) is 6.92. The van der Waals surface area contributed by atoms with Crippen LogP contribution in [0.5, 0.6) is 0 Å². The van der Waals surface area contributed by atoms with Crippen LogP contribution in [0, 0.1) is 5.82 Å². The van der Waals surface area contributed by atoms with Crippen LogP contribution >= 0.6 is 11.3 Å². The Balaban J connectivity index is 1.47. The molecule has 3 nitrogen and oxygen atoms in total. The monoisotopic (exact) mass is 317 g/mol. The highest BCUT2D eigenvalue weighted by Crippen LogP contribution is 2.41. The van der Waals surface area contributed by atoms with Crippen LogP contribution in [0.15, 0.2) is 46.8 Å². The second-order valence-corrected chi connectivity index (χ2v) is 6.48. The minimum atomic E-state index is -0.113. The van der Waals surface area contributed by atoms with E-state index >= 15 is 0 Å². The highest BCUT2D eigenvalue weighted by Gasteiger charge is 2.40. The minimum absolute atomic E-state index is 0.113. The van der Waals surface area contributed by atoms with Crippen molar-refractivity contribution in [1.82, 2.24) is 10.6 Å². The summed E-state index contributed by atoms with van der Waals surface area (Å²) in [6, 6.07) is 11.5. The first-order valence-electron chi connectivity index (χ1n) is 7.52. The topological polar surface area (TPSA) is 36.4 Å². The number of guanidine groups is 1. The molecular weight excluding hydrogens is 297 g/mol. The molecule has 1 heterocycles. The minimum Gasteiger partial charge on any atom is -0.356 e. The molecule has 0 amide bonds. The van der Waals surface area contributed by atoms with E-state index in [1.807, 2.05) is 12.1 Å². The van der Waals surface area contributed by atoms with Crippen LogP contribution in [0.2, 0.25) is 0 Å². The van der Waals surface area contributed by atoms with Crippen LogP contribution < -0.4 is 10.6 Å². The van der Waals surface area contributed by atoms with Gasteiger partial charge < -0.3 is 10.6 Å². The van der Waals surface area contributed by atoms with Crippen molar-refractivity contribution >= 4 is 17.3 Å². The summed E-state index contributed by atoms with van der Waals surface area (Å²) in [5.74, 6) is 0.926. The van der Waals surface area contributed by atoms with E-state index in [1.165, 1.54) is 10.9 Å². The lowest BCUT2D eigenvalue weighted by atomic mass is 10.1. The second-order valence-electron chi connectivity index (χ2n) is 5.44. The van der Waals surface area contributed by atoms with Gasteiger partial charge in [0.05, 0.1) is 0 Å². The van der Waals surface area contributed by atoms with E-state index in [0.29, 0.717) is 0 Å². The highest BCUT2D eigenvalue weighted by molar-refractivity contribution is 7.09. The summed E-state index contributed by atoms with van der Waals surface area (Å²) in [5.41, 5.74) is 0.800. The Hall–Kier alpha value is -1.88. The molecule has 5 heteroatoms. The van der Waals surface area contributed by atoms with Crippen LogP contribution in [0.25, 0.3) is 0 Å². The van der Waals surface area contributed by atoms with Gasteiger partial charge in [0.1, 0.15) is 5.82 Å². The summed E-state index contributed by atoms with van der Waals surface area (Å²) in [7, 11) is 1.76. The number of hydrogen-bond donors (Lipinski definition) is 2. The zero-order chi connectivity index (χ0) is 15.4. The van der Waals surface area contributed by atoms with Crippen LogP contribution in [0.1, 0.15) is 22.8 Å². The number of halogens is 1. The smallest absolute Gasteiger partial charge is 0.191 e. The number of nitrogens with zero attached hydrogens (tertiary/aromatic N) is 1. The number of hydrogen-bond acceptors (Lipinski definition) is 2. The predicted octanol–water partition coefficient (Wildman–Crippen LogP) is 3.15. The number of aliphatic imine (C=N–C) groups is 1. The van der Waals surface area contributed by atoms with Crippen LogP contribution in [-0.2, 0) is 6.42 Å². The molecule has 1 aliphatic rings. The Morgan fingerprint density at radius 1 is 1.32 bits per heavy atom. The molecule has 2 unspecified atom stereocenters. The number of nitrogens with one attached hydrogen (secondary N) is 2. The van der Waals surface area contributed by atoms with Crippen molar-refractivity contribution in [2.75, 3.05) is 13.6 Å². The molecule has 1 fully saturated rings. The molecule has 0 aliphatic heterocycles. The van der Waals surface area contributed by atoms with Gasteiger partial charge in [0.25, 0.3) is 0 Å². The predicted molar refractivity (Wildman–Crippen MR) is 90.1 cm³/mol. The number of benzene rings is 1. The molecule has 1 aromatic heterocycles. The largest absolute Gasteiger partial charge is 0.356 e. The van der Waals surface area contributed by atoms with E-state index in [0.717, 1.165) is 30.9 Å². The van der Waals surface area contributed by atoms with Crippen molar-refractivity contribution in [2.24, 2.45) is 4.99 Å². The fourth-order valence-electron chi connectivity index (χ4n) is 2.60. The molecule has 0 bridgehead atoms. The Bertz CT molecular complexity index is 639. The molecular formula is C17H20FN3S. The van der Waals surface area contributed by atoms with Gasteiger partial charge in [0, 0.05) is 30.4 Å². The van der Waals surface area contributed by atoms with Gasteiger partial charge in [0.15, 0.2) is 5.96 Å². The molecule has 2 aromatic rings. The molecule has 1 aromatic carbocycles. The lowest BCUT2D eigenvalue weighted by Gasteiger charge is -2.11. The summed E-state index contributed by atoms with van der Waals surface area (Å²) < 4.78 is 13.8. The van der Waals surface area contributed by atoms with Crippen molar-refractivity contribution in [3.63, 3.8) is 0 Å². The summed E-state index contributed by atoms with van der Waals surface area (Å²) in [6.07, 6.45) is 1.94. The lowest BCUT2D eigenvalue weighted by molar-refractivity contribution is 0.607. The summed E-state index contributed by atoms with van der Waals surface area (Å²) in [5, 5.41) is 8.78. The first-order chi connectivity index (χ1) is 10.8. The fraction of sp³-hybridized carbons (Fsp3) is 0.353.